The van der Waals surface area contributed by atoms with Crippen molar-refractivity contribution in [3.05, 3.63) is 59.3 Å². The van der Waals surface area contributed by atoms with Gasteiger partial charge >= 0.3 is 0 Å². The number of pyridine rings is 1. The van der Waals surface area contributed by atoms with Gasteiger partial charge in [0.05, 0.1) is 23.7 Å². The standard InChI is InChI=1S/C23H23N5O3S2/c1-15-17-6-3-4-7-19(17)24-16(2)18(15)14-22(29)27-10-12-28(13-11-27)33(30,31)21-9-5-8-20-23(21)26-32-25-20/h3-9H,10-14H2,1-2H3. The summed E-state index contributed by atoms with van der Waals surface area (Å²) >= 11 is 0.997. The summed E-state index contributed by atoms with van der Waals surface area (Å²) in [4.78, 5) is 19.7. The molecule has 0 radical (unpaired) electrons. The third kappa shape index (κ3) is 3.88. The SMILES string of the molecule is Cc1nc2ccccc2c(C)c1CC(=O)N1CCN(S(=O)(=O)c2cccc3nsnc23)CC1. The van der Waals surface area contributed by atoms with Gasteiger partial charge in [0.15, 0.2) is 0 Å². The van der Waals surface area contributed by atoms with E-state index in [-0.39, 0.29) is 30.3 Å². The summed E-state index contributed by atoms with van der Waals surface area (Å²) in [6.45, 7) is 5.15. The molecule has 1 aliphatic heterocycles. The number of hydrogen-bond donors (Lipinski definition) is 0. The molecule has 1 aliphatic rings. The second-order valence-electron chi connectivity index (χ2n) is 8.17. The normalized spacial score (nSPS) is 15.4. The number of benzene rings is 2. The Hall–Kier alpha value is -2.95. The van der Waals surface area contributed by atoms with Crippen LogP contribution in [0.3, 0.4) is 0 Å². The highest BCUT2D eigenvalue weighted by Crippen LogP contribution is 2.26. The fraction of sp³-hybridized carbons (Fsp3) is 0.304. The molecule has 0 aliphatic carbocycles. The van der Waals surface area contributed by atoms with E-state index in [9.17, 15) is 13.2 Å². The highest BCUT2D eigenvalue weighted by atomic mass is 32.2. The number of fused-ring (bicyclic) bond motifs is 2. The predicted molar refractivity (Wildman–Crippen MR) is 128 cm³/mol. The number of nitrogens with zero attached hydrogens (tertiary/aromatic N) is 5. The van der Waals surface area contributed by atoms with Gasteiger partial charge in [-0.25, -0.2) is 8.42 Å². The van der Waals surface area contributed by atoms with Crippen molar-refractivity contribution in [2.24, 2.45) is 0 Å². The molecule has 2 aromatic carbocycles. The molecule has 10 heteroatoms. The number of rotatable bonds is 4. The van der Waals surface area contributed by atoms with Gasteiger partial charge in [-0.1, -0.05) is 24.3 Å². The molecule has 0 unspecified atom stereocenters. The lowest BCUT2D eigenvalue weighted by Gasteiger charge is -2.34. The number of aromatic nitrogens is 3. The summed E-state index contributed by atoms with van der Waals surface area (Å²) in [7, 11) is -3.71. The highest BCUT2D eigenvalue weighted by molar-refractivity contribution is 7.89. The topological polar surface area (TPSA) is 96.4 Å². The Morgan fingerprint density at radius 2 is 1.70 bits per heavy atom. The molecule has 1 amide bonds. The summed E-state index contributed by atoms with van der Waals surface area (Å²) in [5, 5.41) is 1.05. The number of hydrogen-bond acceptors (Lipinski definition) is 7. The first-order valence-electron chi connectivity index (χ1n) is 10.7. The van der Waals surface area contributed by atoms with Crippen molar-refractivity contribution in [1.82, 2.24) is 22.9 Å². The molecule has 170 valence electrons. The van der Waals surface area contributed by atoms with E-state index in [0.29, 0.717) is 24.1 Å². The second kappa shape index (κ2) is 8.44. The summed E-state index contributed by atoms with van der Waals surface area (Å²) in [5.41, 5.74) is 4.76. The zero-order valence-electron chi connectivity index (χ0n) is 18.4. The third-order valence-electron chi connectivity index (χ3n) is 6.27. The lowest BCUT2D eigenvalue weighted by atomic mass is 9.99. The average molecular weight is 482 g/mol. The number of carbonyl (C=O) groups is 1. The van der Waals surface area contributed by atoms with Gasteiger partial charge in [0, 0.05) is 37.3 Å². The lowest BCUT2D eigenvalue weighted by Crippen LogP contribution is -2.50. The number of para-hydroxylation sites is 1. The quantitative estimate of drug-likeness (QED) is 0.445. The van der Waals surface area contributed by atoms with Gasteiger partial charge in [0.25, 0.3) is 0 Å². The molecule has 8 nitrogen and oxygen atoms in total. The lowest BCUT2D eigenvalue weighted by molar-refractivity contribution is -0.131. The Bertz CT molecular complexity index is 1470. The monoisotopic (exact) mass is 481 g/mol. The van der Waals surface area contributed by atoms with E-state index in [1.807, 2.05) is 38.1 Å². The molecule has 4 aromatic rings. The molecule has 0 bridgehead atoms. The van der Waals surface area contributed by atoms with Gasteiger partial charge < -0.3 is 4.90 Å². The number of aryl methyl sites for hydroxylation is 2. The Morgan fingerprint density at radius 3 is 2.48 bits per heavy atom. The molecule has 1 fully saturated rings. The van der Waals surface area contributed by atoms with Crippen LogP contribution in [0.1, 0.15) is 16.8 Å². The van der Waals surface area contributed by atoms with E-state index in [1.165, 1.54) is 4.31 Å². The molecule has 0 atom stereocenters. The van der Waals surface area contributed by atoms with Crippen molar-refractivity contribution in [3.63, 3.8) is 0 Å². The fourth-order valence-corrected chi connectivity index (χ4v) is 6.58. The second-order valence-corrected chi connectivity index (χ2v) is 10.6. The highest BCUT2D eigenvalue weighted by Gasteiger charge is 2.32. The third-order valence-corrected chi connectivity index (χ3v) is 8.74. The number of sulfonamides is 1. The summed E-state index contributed by atoms with van der Waals surface area (Å²) in [5.74, 6) is -0.0128. The molecular weight excluding hydrogens is 458 g/mol. The van der Waals surface area contributed by atoms with Crippen LogP contribution in [0.4, 0.5) is 0 Å². The van der Waals surface area contributed by atoms with Crippen LogP contribution in [-0.4, -0.2) is 63.4 Å². The molecule has 3 heterocycles. The maximum Gasteiger partial charge on any atom is 0.245 e. The molecule has 2 aromatic heterocycles. The maximum absolute atomic E-state index is 13.2. The van der Waals surface area contributed by atoms with E-state index < -0.39 is 10.0 Å². The number of amides is 1. The van der Waals surface area contributed by atoms with Gasteiger partial charge in [0.1, 0.15) is 15.9 Å². The maximum atomic E-state index is 13.2. The fourth-order valence-electron chi connectivity index (χ4n) is 4.40. The van der Waals surface area contributed by atoms with Gasteiger partial charge in [-0.2, -0.15) is 13.1 Å². The minimum atomic E-state index is -3.71. The van der Waals surface area contributed by atoms with Crippen molar-refractivity contribution in [2.45, 2.75) is 25.2 Å². The zero-order chi connectivity index (χ0) is 23.2. The molecule has 0 saturated carbocycles. The summed E-state index contributed by atoms with van der Waals surface area (Å²) in [6.07, 6.45) is 0.256. The van der Waals surface area contributed by atoms with Gasteiger partial charge in [-0.3, -0.25) is 9.78 Å². The Labute approximate surface area is 196 Å². The molecule has 0 spiro atoms. The molecule has 1 saturated heterocycles. The Balaban J connectivity index is 1.31. The average Bonchev–Trinajstić information content (AvgIpc) is 3.30. The minimum absolute atomic E-state index is 0.0128. The molecule has 5 rings (SSSR count). The van der Waals surface area contributed by atoms with Crippen LogP contribution in [0.15, 0.2) is 47.4 Å². The van der Waals surface area contributed by atoms with E-state index in [1.54, 1.807) is 23.1 Å². The van der Waals surface area contributed by atoms with Crippen LogP contribution in [0.5, 0.6) is 0 Å². The van der Waals surface area contributed by atoms with E-state index >= 15 is 0 Å². The largest absolute Gasteiger partial charge is 0.340 e. The smallest absolute Gasteiger partial charge is 0.245 e. The van der Waals surface area contributed by atoms with Crippen LogP contribution >= 0.6 is 11.7 Å². The molecule has 33 heavy (non-hydrogen) atoms. The van der Waals surface area contributed by atoms with Crippen LogP contribution in [0, 0.1) is 13.8 Å². The first kappa shape index (κ1) is 21.9. The summed E-state index contributed by atoms with van der Waals surface area (Å²) < 4.78 is 36.2. The first-order valence-corrected chi connectivity index (χ1v) is 12.9. The van der Waals surface area contributed by atoms with Crippen molar-refractivity contribution in [2.75, 3.05) is 26.2 Å². The molecule has 0 N–H and O–H groups in total. The number of piperazine rings is 1. The van der Waals surface area contributed by atoms with Crippen molar-refractivity contribution < 1.29 is 13.2 Å². The van der Waals surface area contributed by atoms with Gasteiger partial charge in [-0.15, -0.1) is 0 Å². The molecular formula is C23H23N5O3S2. The van der Waals surface area contributed by atoms with E-state index in [4.69, 9.17) is 0 Å². The zero-order valence-corrected chi connectivity index (χ0v) is 20.0. The van der Waals surface area contributed by atoms with Crippen LogP contribution in [0.25, 0.3) is 21.9 Å². The van der Waals surface area contributed by atoms with Gasteiger partial charge in [0.2, 0.25) is 15.9 Å². The van der Waals surface area contributed by atoms with Crippen molar-refractivity contribution in [3.8, 4) is 0 Å². The van der Waals surface area contributed by atoms with Crippen molar-refractivity contribution >= 4 is 49.6 Å². The van der Waals surface area contributed by atoms with Crippen LogP contribution in [-0.2, 0) is 21.2 Å². The van der Waals surface area contributed by atoms with E-state index in [2.05, 4.69) is 13.7 Å². The van der Waals surface area contributed by atoms with Crippen molar-refractivity contribution in [1.29, 1.82) is 0 Å². The predicted octanol–water partition coefficient (Wildman–Crippen LogP) is 2.93. The summed E-state index contributed by atoms with van der Waals surface area (Å²) in [6, 6.07) is 12.9. The van der Waals surface area contributed by atoms with Crippen LogP contribution in [0.2, 0.25) is 0 Å². The number of carbonyl (C=O) groups excluding carboxylic acids is 1. The van der Waals surface area contributed by atoms with Gasteiger partial charge in [-0.05, 0) is 43.2 Å². The Morgan fingerprint density at radius 1 is 0.970 bits per heavy atom. The first-order chi connectivity index (χ1) is 15.9. The Kier molecular flexibility index (Phi) is 5.59. The minimum Gasteiger partial charge on any atom is -0.340 e. The van der Waals surface area contributed by atoms with Crippen LogP contribution < -0.4 is 0 Å². The van der Waals surface area contributed by atoms with E-state index in [0.717, 1.165) is 39.5 Å².